The van der Waals surface area contributed by atoms with Gasteiger partial charge in [0.15, 0.2) is 11.5 Å². The number of phenols is 1. The van der Waals surface area contributed by atoms with Gasteiger partial charge in [-0.1, -0.05) is 44.1 Å². The van der Waals surface area contributed by atoms with E-state index in [1.54, 1.807) is 12.1 Å². The minimum atomic E-state index is 0.0682. The molecule has 0 bridgehead atoms. The van der Waals surface area contributed by atoms with Gasteiger partial charge in [-0.2, -0.15) is 4.98 Å². The lowest BCUT2D eigenvalue weighted by Crippen LogP contribution is -2.11. The Labute approximate surface area is 153 Å². The van der Waals surface area contributed by atoms with E-state index in [4.69, 9.17) is 9.26 Å². The zero-order valence-corrected chi connectivity index (χ0v) is 15.6. The van der Waals surface area contributed by atoms with Crippen LogP contribution in [0.25, 0.3) is 22.8 Å². The molecule has 0 amide bonds. The first kappa shape index (κ1) is 18.0. The molecule has 136 valence electrons. The van der Waals surface area contributed by atoms with Crippen molar-refractivity contribution >= 4 is 0 Å². The van der Waals surface area contributed by atoms with Gasteiger partial charge in [-0.25, -0.2) is 0 Å². The van der Waals surface area contributed by atoms with E-state index in [9.17, 15) is 5.11 Å². The first-order chi connectivity index (χ1) is 12.3. The van der Waals surface area contributed by atoms with Gasteiger partial charge in [0, 0.05) is 11.1 Å². The number of nitrogens with zero attached hydrogens (tertiary/aromatic N) is 2. The topological polar surface area (TPSA) is 68.4 Å². The molecule has 1 N–H and O–H groups in total. The van der Waals surface area contributed by atoms with Gasteiger partial charge in [-0.15, -0.1) is 0 Å². The monoisotopic (exact) mass is 352 g/mol. The van der Waals surface area contributed by atoms with Crippen LogP contribution in [0.15, 0.2) is 47.0 Å². The molecule has 0 aliphatic heterocycles. The normalized spacial score (nSPS) is 11.5. The van der Waals surface area contributed by atoms with Gasteiger partial charge in [0.05, 0.1) is 6.61 Å². The standard InChI is InChI=1S/C21H24N2O3/c1-14-7-5-6-8-16(14)20-22-19(23-26-20)15-9-10-18(17(24)13-15)25-12-11-21(2,3)4/h5-10,13,24H,11-12H2,1-4H3. The molecule has 0 unspecified atom stereocenters. The van der Waals surface area contributed by atoms with Crippen molar-refractivity contribution in [3.05, 3.63) is 48.0 Å². The number of hydrogen-bond acceptors (Lipinski definition) is 5. The van der Waals surface area contributed by atoms with E-state index >= 15 is 0 Å². The Balaban J connectivity index is 1.77. The third kappa shape index (κ3) is 4.23. The minimum absolute atomic E-state index is 0.0682. The molecule has 3 rings (SSSR count). The smallest absolute Gasteiger partial charge is 0.258 e. The molecule has 0 aliphatic carbocycles. The van der Waals surface area contributed by atoms with Crippen LogP contribution < -0.4 is 4.74 Å². The summed E-state index contributed by atoms with van der Waals surface area (Å²) < 4.78 is 11.1. The van der Waals surface area contributed by atoms with Gasteiger partial charge in [-0.05, 0) is 48.6 Å². The van der Waals surface area contributed by atoms with Gasteiger partial charge in [-0.3, -0.25) is 0 Å². The first-order valence-electron chi connectivity index (χ1n) is 8.69. The molecule has 0 radical (unpaired) electrons. The molecule has 5 nitrogen and oxygen atoms in total. The lowest BCUT2D eigenvalue weighted by molar-refractivity contribution is 0.235. The van der Waals surface area contributed by atoms with Crippen LogP contribution in [0.2, 0.25) is 0 Å². The minimum Gasteiger partial charge on any atom is -0.504 e. The number of phenolic OH excluding ortho intramolecular Hbond substituents is 1. The molecule has 0 atom stereocenters. The zero-order chi connectivity index (χ0) is 18.7. The van der Waals surface area contributed by atoms with Gasteiger partial charge in [0.1, 0.15) is 0 Å². The van der Waals surface area contributed by atoms with Crippen LogP contribution in [0.1, 0.15) is 32.8 Å². The Kier molecular flexibility index (Phi) is 4.98. The predicted molar refractivity (Wildman–Crippen MR) is 101 cm³/mol. The summed E-state index contributed by atoms with van der Waals surface area (Å²) in [6.07, 6.45) is 0.902. The average Bonchev–Trinajstić information content (AvgIpc) is 3.05. The molecule has 1 heterocycles. The maximum Gasteiger partial charge on any atom is 0.258 e. The van der Waals surface area contributed by atoms with Crippen LogP contribution in [0, 0.1) is 12.3 Å². The van der Waals surface area contributed by atoms with E-state index in [1.807, 2.05) is 37.3 Å². The van der Waals surface area contributed by atoms with Gasteiger partial charge in [0.25, 0.3) is 5.89 Å². The average molecular weight is 352 g/mol. The number of hydrogen-bond donors (Lipinski definition) is 1. The van der Waals surface area contributed by atoms with Crippen LogP contribution in [0.4, 0.5) is 0 Å². The van der Waals surface area contributed by atoms with Crippen LogP contribution in [-0.4, -0.2) is 21.9 Å². The van der Waals surface area contributed by atoms with E-state index in [1.165, 1.54) is 0 Å². The van der Waals surface area contributed by atoms with E-state index < -0.39 is 0 Å². The molecule has 26 heavy (non-hydrogen) atoms. The molecule has 2 aromatic carbocycles. The molecule has 0 fully saturated rings. The third-order valence-corrected chi connectivity index (χ3v) is 4.13. The zero-order valence-electron chi connectivity index (χ0n) is 15.6. The highest BCUT2D eigenvalue weighted by molar-refractivity contribution is 5.64. The maximum absolute atomic E-state index is 10.2. The highest BCUT2D eigenvalue weighted by Gasteiger charge is 2.15. The SMILES string of the molecule is Cc1ccccc1-c1nc(-c2ccc(OCCC(C)(C)C)c(O)c2)no1. The Bertz CT molecular complexity index is 894. The van der Waals surface area contributed by atoms with E-state index in [0.29, 0.717) is 29.6 Å². The lowest BCUT2D eigenvalue weighted by Gasteiger charge is -2.18. The number of rotatable bonds is 5. The molecule has 0 spiro atoms. The Morgan fingerprint density at radius 3 is 2.58 bits per heavy atom. The van der Waals surface area contributed by atoms with Gasteiger partial charge >= 0.3 is 0 Å². The van der Waals surface area contributed by atoms with Gasteiger partial charge < -0.3 is 14.4 Å². The second-order valence-electron chi connectivity index (χ2n) is 7.58. The Morgan fingerprint density at radius 2 is 1.88 bits per heavy atom. The molecule has 0 saturated heterocycles. The second-order valence-corrected chi connectivity index (χ2v) is 7.58. The fourth-order valence-electron chi connectivity index (χ4n) is 2.51. The molecule has 0 saturated carbocycles. The van der Waals surface area contributed by atoms with Crippen LogP contribution >= 0.6 is 0 Å². The molecular formula is C21H24N2O3. The van der Waals surface area contributed by atoms with Crippen molar-refractivity contribution in [3.8, 4) is 34.3 Å². The van der Waals surface area contributed by atoms with Crippen molar-refractivity contribution in [3.63, 3.8) is 0 Å². The summed E-state index contributed by atoms with van der Waals surface area (Å²) >= 11 is 0. The molecule has 3 aromatic rings. The molecule has 0 aliphatic rings. The largest absolute Gasteiger partial charge is 0.504 e. The summed E-state index contributed by atoms with van der Waals surface area (Å²) in [5, 5.41) is 14.3. The van der Waals surface area contributed by atoms with Crippen molar-refractivity contribution < 1.29 is 14.4 Å². The van der Waals surface area contributed by atoms with Crippen molar-refractivity contribution in [1.29, 1.82) is 0 Å². The highest BCUT2D eigenvalue weighted by atomic mass is 16.5. The predicted octanol–water partition coefficient (Wildman–Crippen LogP) is 5.23. The molecule has 5 heteroatoms. The highest BCUT2D eigenvalue weighted by Crippen LogP contribution is 2.32. The number of ether oxygens (including phenoxy) is 1. The number of aryl methyl sites for hydroxylation is 1. The van der Waals surface area contributed by atoms with E-state index in [-0.39, 0.29) is 11.2 Å². The molecule has 1 aromatic heterocycles. The second kappa shape index (κ2) is 7.20. The Morgan fingerprint density at radius 1 is 1.12 bits per heavy atom. The summed E-state index contributed by atoms with van der Waals surface area (Å²) in [7, 11) is 0. The van der Waals surface area contributed by atoms with Crippen molar-refractivity contribution in [1.82, 2.24) is 10.1 Å². The first-order valence-corrected chi connectivity index (χ1v) is 8.69. The molecular weight excluding hydrogens is 328 g/mol. The third-order valence-electron chi connectivity index (χ3n) is 4.13. The maximum atomic E-state index is 10.2. The summed E-state index contributed by atoms with van der Waals surface area (Å²) in [4.78, 5) is 4.45. The fraction of sp³-hybridized carbons (Fsp3) is 0.333. The van der Waals surface area contributed by atoms with Crippen molar-refractivity contribution in [2.24, 2.45) is 5.41 Å². The number of benzene rings is 2. The fourth-order valence-corrected chi connectivity index (χ4v) is 2.51. The van der Waals surface area contributed by atoms with E-state index in [0.717, 1.165) is 17.5 Å². The van der Waals surface area contributed by atoms with Crippen molar-refractivity contribution in [2.75, 3.05) is 6.61 Å². The summed E-state index contributed by atoms with van der Waals surface area (Å²) in [6.45, 7) is 9.01. The Hall–Kier alpha value is -2.82. The number of aromatic nitrogens is 2. The van der Waals surface area contributed by atoms with Crippen LogP contribution in [-0.2, 0) is 0 Å². The quantitative estimate of drug-likeness (QED) is 0.681. The van der Waals surface area contributed by atoms with E-state index in [2.05, 4.69) is 30.9 Å². The summed E-state index contributed by atoms with van der Waals surface area (Å²) in [5.41, 5.74) is 2.83. The van der Waals surface area contributed by atoms with Crippen molar-refractivity contribution in [2.45, 2.75) is 34.1 Å². The summed E-state index contributed by atoms with van der Waals surface area (Å²) in [5.74, 6) is 1.42. The van der Waals surface area contributed by atoms with Gasteiger partial charge in [0.2, 0.25) is 5.82 Å². The van der Waals surface area contributed by atoms with Crippen LogP contribution in [0.5, 0.6) is 11.5 Å². The van der Waals surface area contributed by atoms with Crippen LogP contribution in [0.3, 0.4) is 0 Å². The lowest BCUT2D eigenvalue weighted by atomic mass is 9.93. The number of aromatic hydroxyl groups is 1. The summed E-state index contributed by atoms with van der Waals surface area (Å²) in [6, 6.07) is 13.0.